The van der Waals surface area contributed by atoms with E-state index in [1.807, 2.05) is 0 Å². The number of benzene rings is 1. The minimum Gasteiger partial charge on any atom is -0.548 e. The zero-order valence-corrected chi connectivity index (χ0v) is 15.2. The van der Waals surface area contributed by atoms with Crippen LogP contribution in [0.2, 0.25) is 0 Å². The fourth-order valence-corrected chi connectivity index (χ4v) is 3.14. The van der Waals surface area contributed by atoms with Gasteiger partial charge in [0.2, 0.25) is 5.91 Å². The number of carboxylic acid groups (broad SMARTS) is 1. The van der Waals surface area contributed by atoms with Gasteiger partial charge in [-0.1, -0.05) is 0 Å². The highest BCUT2D eigenvalue weighted by Crippen LogP contribution is 2.29. The highest BCUT2D eigenvalue weighted by molar-refractivity contribution is 5.88. The lowest BCUT2D eigenvalue weighted by Crippen LogP contribution is -2.45. The predicted molar refractivity (Wildman–Crippen MR) is 95.6 cm³/mol. The van der Waals surface area contributed by atoms with Gasteiger partial charge in [0, 0.05) is 17.0 Å². The molecule has 0 unspecified atom stereocenters. The summed E-state index contributed by atoms with van der Waals surface area (Å²) in [6, 6.07) is 5.05. The zero-order chi connectivity index (χ0) is 20.3. The van der Waals surface area contributed by atoms with Crippen molar-refractivity contribution in [3.05, 3.63) is 39.7 Å². The Kier molecular flexibility index (Phi) is 5.62. The summed E-state index contributed by atoms with van der Waals surface area (Å²) < 4.78 is 10.9. The van der Waals surface area contributed by atoms with Crippen molar-refractivity contribution in [2.45, 2.75) is 32.3 Å². The Morgan fingerprint density at radius 2 is 1.93 bits per heavy atom. The molecule has 9 nitrogen and oxygen atoms in total. The number of ether oxygens (including phenoxy) is 1. The van der Waals surface area contributed by atoms with Crippen LogP contribution in [0, 0.1) is 0 Å². The number of hydrogen-bond donors (Lipinski definition) is 2. The highest BCUT2D eigenvalue weighted by atomic mass is 16.5. The monoisotopic (exact) mass is 387 g/mol. The van der Waals surface area contributed by atoms with Crippen LogP contribution < -0.4 is 26.1 Å². The number of carboxylic acids is 1. The van der Waals surface area contributed by atoms with E-state index in [2.05, 4.69) is 10.6 Å². The average Bonchev–Trinajstić information content (AvgIpc) is 3.15. The molecule has 1 aromatic carbocycles. The van der Waals surface area contributed by atoms with Crippen LogP contribution in [0.3, 0.4) is 0 Å². The minimum absolute atomic E-state index is 0.342. The first-order chi connectivity index (χ1) is 13.3. The molecule has 1 atom stereocenters. The van der Waals surface area contributed by atoms with Gasteiger partial charge in [-0.15, -0.1) is 0 Å². The van der Waals surface area contributed by atoms with Gasteiger partial charge in [-0.25, -0.2) is 4.79 Å². The molecule has 9 heteroatoms. The Bertz CT molecular complexity index is 996. The second kappa shape index (κ2) is 8.12. The number of hydrogen-bond acceptors (Lipinski definition) is 7. The van der Waals surface area contributed by atoms with Crippen LogP contribution in [0.15, 0.2) is 27.4 Å². The quantitative estimate of drug-likeness (QED) is 0.583. The van der Waals surface area contributed by atoms with Gasteiger partial charge in [-0.2, -0.15) is 0 Å². The third kappa shape index (κ3) is 4.30. The third-order valence-electron chi connectivity index (χ3n) is 4.48. The topological polar surface area (TPSA) is 138 Å². The van der Waals surface area contributed by atoms with E-state index in [4.69, 9.17) is 9.15 Å². The zero-order valence-electron chi connectivity index (χ0n) is 15.2. The van der Waals surface area contributed by atoms with Gasteiger partial charge in [0.1, 0.15) is 11.3 Å². The predicted octanol–water partition coefficient (Wildman–Crippen LogP) is -0.969. The van der Waals surface area contributed by atoms with Crippen molar-refractivity contribution in [3.63, 3.8) is 0 Å². The SMILES string of the molecule is C[C@@H](Oc1ccc2c3c(c(=O)oc2c1)CCC3)C(=O)NCC(=O)NCC(=O)[O-]. The van der Waals surface area contributed by atoms with E-state index in [0.717, 1.165) is 35.8 Å². The van der Waals surface area contributed by atoms with E-state index in [1.54, 1.807) is 18.2 Å². The molecule has 2 amide bonds. The summed E-state index contributed by atoms with van der Waals surface area (Å²) in [5.41, 5.74) is 1.79. The van der Waals surface area contributed by atoms with Crippen LogP contribution in [0.5, 0.6) is 5.75 Å². The van der Waals surface area contributed by atoms with Crippen LogP contribution in [0.25, 0.3) is 11.0 Å². The van der Waals surface area contributed by atoms with E-state index in [9.17, 15) is 24.3 Å². The highest BCUT2D eigenvalue weighted by Gasteiger charge is 2.21. The Balaban J connectivity index is 1.63. The molecule has 0 bridgehead atoms. The maximum Gasteiger partial charge on any atom is 0.339 e. The molecule has 1 heterocycles. The molecule has 0 saturated heterocycles. The van der Waals surface area contributed by atoms with Gasteiger partial charge in [0.15, 0.2) is 6.10 Å². The van der Waals surface area contributed by atoms with E-state index >= 15 is 0 Å². The Labute approximate surface area is 159 Å². The maximum atomic E-state index is 12.1. The van der Waals surface area contributed by atoms with Gasteiger partial charge in [0.05, 0.1) is 19.1 Å². The summed E-state index contributed by atoms with van der Waals surface area (Å²) >= 11 is 0. The Morgan fingerprint density at radius 1 is 1.18 bits per heavy atom. The number of carbonyl (C=O) groups is 3. The summed E-state index contributed by atoms with van der Waals surface area (Å²) in [6.07, 6.45) is 1.55. The van der Waals surface area contributed by atoms with Gasteiger partial charge < -0.3 is 29.7 Å². The van der Waals surface area contributed by atoms with Gasteiger partial charge in [0.25, 0.3) is 5.91 Å². The van der Waals surface area contributed by atoms with Crippen molar-refractivity contribution < 1.29 is 28.6 Å². The molecule has 0 fully saturated rings. The van der Waals surface area contributed by atoms with Crippen LogP contribution in [0.1, 0.15) is 24.5 Å². The van der Waals surface area contributed by atoms with E-state index in [-0.39, 0.29) is 5.63 Å². The largest absolute Gasteiger partial charge is 0.548 e. The molecule has 0 saturated carbocycles. The van der Waals surface area contributed by atoms with Crippen LogP contribution in [-0.2, 0) is 27.2 Å². The average molecular weight is 387 g/mol. The molecule has 0 aliphatic heterocycles. The van der Waals surface area contributed by atoms with Gasteiger partial charge in [-0.3, -0.25) is 9.59 Å². The van der Waals surface area contributed by atoms with Crippen LogP contribution >= 0.6 is 0 Å². The molecule has 1 aliphatic rings. The number of aliphatic carboxylic acids is 1. The fourth-order valence-electron chi connectivity index (χ4n) is 3.14. The molecule has 3 rings (SSSR count). The lowest BCUT2D eigenvalue weighted by atomic mass is 10.1. The fraction of sp³-hybridized carbons (Fsp3) is 0.368. The number of fused-ring (bicyclic) bond motifs is 3. The number of amides is 2. The van der Waals surface area contributed by atoms with E-state index in [0.29, 0.717) is 11.3 Å². The summed E-state index contributed by atoms with van der Waals surface area (Å²) in [7, 11) is 0. The summed E-state index contributed by atoms with van der Waals surface area (Å²) in [6.45, 7) is 0.475. The van der Waals surface area contributed by atoms with Crippen molar-refractivity contribution in [2.75, 3.05) is 13.1 Å². The Hall–Kier alpha value is -3.36. The Morgan fingerprint density at radius 3 is 2.68 bits per heavy atom. The minimum atomic E-state index is -1.43. The van der Waals surface area contributed by atoms with E-state index in [1.165, 1.54) is 6.92 Å². The van der Waals surface area contributed by atoms with Crippen molar-refractivity contribution in [2.24, 2.45) is 0 Å². The molecular formula is C19H19N2O7-. The van der Waals surface area contributed by atoms with E-state index < -0.39 is 37.0 Å². The first kappa shape index (κ1) is 19.4. The number of carbonyl (C=O) groups excluding carboxylic acids is 3. The molecule has 148 valence electrons. The molecule has 2 N–H and O–H groups in total. The van der Waals surface area contributed by atoms with Crippen molar-refractivity contribution >= 4 is 28.8 Å². The molecule has 1 aromatic heterocycles. The van der Waals surface area contributed by atoms with Crippen molar-refractivity contribution in [1.29, 1.82) is 0 Å². The summed E-state index contributed by atoms with van der Waals surface area (Å²) in [5, 5.41) is 15.5. The molecule has 0 radical (unpaired) electrons. The smallest absolute Gasteiger partial charge is 0.339 e. The molecular weight excluding hydrogens is 368 g/mol. The molecule has 0 spiro atoms. The van der Waals surface area contributed by atoms with Gasteiger partial charge >= 0.3 is 5.63 Å². The molecule has 2 aromatic rings. The van der Waals surface area contributed by atoms with Crippen molar-refractivity contribution in [3.8, 4) is 5.75 Å². The van der Waals surface area contributed by atoms with Crippen molar-refractivity contribution in [1.82, 2.24) is 10.6 Å². The number of nitrogens with one attached hydrogen (secondary N) is 2. The summed E-state index contributed by atoms with van der Waals surface area (Å²) in [5.74, 6) is -2.30. The standard InChI is InChI=1S/C19H20N2O7/c1-10(18(25)21-8-16(22)20-9-17(23)24)27-11-5-6-13-12-3-2-4-14(12)19(26)28-15(13)7-11/h5-7,10H,2-4,8-9H2,1H3,(H,20,22)(H,21,25)(H,23,24)/p-1/t10-/m1/s1. The lowest BCUT2D eigenvalue weighted by Gasteiger charge is -2.15. The second-order valence-corrected chi connectivity index (χ2v) is 6.48. The van der Waals surface area contributed by atoms with Crippen LogP contribution in [-0.4, -0.2) is 37.0 Å². The van der Waals surface area contributed by atoms with Gasteiger partial charge in [-0.05, 0) is 43.9 Å². The number of rotatable bonds is 7. The normalized spacial score (nSPS) is 13.6. The first-order valence-corrected chi connectivity index (χ1v) is 8.84. The summed E-state index contributed by atoms with van der Waals surface area (Å²) in [4.78, 5) is 45.8. The van der Waals surface area contributed by atoms with Crippen LogP contribution in [0.4, 0.5) is 0 Å². The maximum absolute atomic E-state index is 12.1. The second-order valence-electron chi connectivity index (χ2n) is 6.48. The molecule has 28 heavy (non-hydrogen) atoms. The first-order valence-electron chi connectivity index (χ1n) is 8.84. The third-order valence-corrected chi connectivity index (χ3v) is 4.48. The number of aryl methyl sites for hydroxylation is 1. The lowest BCUT2D eigenvalue weighted by molar-refractivity contribution is -0.304. The molecule has 1 aliphatic carbocycles.